The van der Waals surface area contributed by atoms with Gasteiger partial charge in [0.25, 0.3) is 5.56 Å². The highest BCUT2D eigenvalue weighted by Gasteiger charge is 2.35. The molecule has 1 atom stereocenters. The molecular formula is C33H27BrClN3O6S. The highest BCUT2D eigenvalue weighted by molar-refractivity contribution is 9.10. The predicted molar refractivity (Wildman–Crippen MR) is 175 cm³/mol. The van der Waals surface area contributed by atoms with E-state index in [9.17, 15) is 9.59 Å². The summed E-state index contributed by atoms with van der Waals surface area (Å²) in [5.41, 5.74) is 2.91. The van der Waals surface area contributed by atoms with Crippen LogP contribution in [-0.2, 0) is 16.1 Å². The monoisotopic (exact) mass is 707 g/mol. The van der Waals surface area contributed by atoms with Crippen LogP contribution < -0.4 is 29.1 Å². The number of benzene rings is 3. The number of esters is 1. The van der Waals surface area contributed by atoms with Gasteiger partial charge in [-0.15, -0.1) is 0 Å². The summed E-state index contributed by atoms with van der Waals surface area (Å²) in [7, 11) is 3.04. The first-order valence-corrected chi connectivity index (χ1v) is 15.7. The summed E-state index contributed by atoms with van der Waals surface area (Å²) in [5.74, 6) is 0.845. The van der Waals surface area contributed by atoms with Crippen LogP contribution in [0.25, 0.3) is 6.08 Å². The van der Waals surface area contributed by atoms with E-state index in [0.717, 1.165) is 5.56 Å². The molecule has 0 aliphatic carbocycles. The van der Waals surface area contributed by atoms with Crippen LogP contribution in [0.1, 0.15) is 42.1 Å². The average molecular weight is 709 g/mol. The quantitative estimate of drug-likeness (QED) is 0.206. The molecule has 0 spiro atoms. The number of carbonyl (C=O) groups is 1. The van der Waals surface area contributed by atoms with Crippen molar-refractivity contribution >= 4 is 50.9 Å². The van der Waals surface area contributed by atoms with Crippen LogP contribution in [0.4, 0.5) is 0 Å². The average Bonchev–Trinajstić information content (AvgIpc) is 3.33. The van der Waals surface area contributed by atoms with Gasteiger partial charge in [0, 0.05) is 15.1 Å². The Morgan fingerprint density at radius 2 is 1.82 bits per heavy atom. The van der Waals surface area contributed by atoms with Crippen molar-refractivity contribution in [3.8, 4) is 23.3 Å². The number of allylic oxidation sites excluding steroid dienone is 1. The number of aromatic nitrogens is 1. The number of rotatable bonds is 9. The van der Waals surface area contributed by atoms with Gasteiger partial charge in [0.1, 0.15) is 12.4 Å². The molecule has 9 nitrogen and oxygen atoms in total. The molecule has 0 N–H and O–H groups in total. The first kappa shape index (κ1) is 32.0. The fraction of sp³-hybridized carbons (Fsp3) is 0.212. The lowest BCUT2D eigenvalue weighted by molar-refractivity contribution is -0.139. The fourth-order valence-electron chi connectivity index (χ4n) is 4.91. The Labute approximate surface area is 276 Å². The smallest absolute Gasteiger partial charge is 0.338 e. The fourth-order valence-corrected chi connectivity index (χ4v) is 6.66. The molecule has 0 bridgehead atoms. The van der Waals surface area contributed by atoms with E-state index in [1.54, 1.807) is 62.4 Å². The predicted octanol–water partition coefficient (Wildman–Crippen LogP) is 5.68. The highest BCUT2D eigenvalue weighted by atomic mass is 79.9. The van der Waals surface area contributed by atoms with Crippen molar-refractivity contribution in [3.63, 3.8) is 0 Å². The Bertz CT molecular complexity index is 2050. The van der Waals surface area contributed by atoms with E-state index in [1.165, 1.54) is 30.1 Å². The number of fused-ring (bicyclic) bond motifs is 1. The van der Waals surface area contributed by atoms with Crippen molar-refractivity contribution < 1.29 is 23.7 Å². The molecule has 2 heterocycles. The second kappa shape index (κ2) is 13.7. The lowest BCUT2D eigenvalue weighted by Crippen LogP contribution is -2.40. The largest absolute Gasteiger partial charge is 0.493 e. The first-order chi connectivity index (χ1) is 21.7. The zero-order chi connectivity index (χ0) is 32.2. The molecule has 5 rings (SSSR count). The van der Waals surface area contributed by atoms with E-state index in [0.29, 0.717) is 58.5 Å². The van der Waals surface area contributed by atoms with Gasteiger partial charge in [-0.2, -0.15) is 5.26 Å². The van der Waals surface area contributed by atoms with E-state index in [2.05, 4.69) is 27.0 Å². The van der Waals surface area contributed by atoms with Gasteiger partial charge in [-0.05, 0) is 73.5 Å². The molecule has 0 amide bonds. The van der Waals surface area contributed by atoms with Gasteiger partial charge in [-0.25, -0.2) is 9.79 Å². The number of nitriles is 1. The molecule has 1 aromatic heterocycles. The molecule has 0 unspecified atom stereocenters. The van der Waals surface area contributed by atoms with Crippen molar-refractivity contribution in [1.29, 1.82) is 5.26 Å². The summed E-state index contributed by atoms with van der Waals surface area (Å²) in [6.07, 6.45) is 1.70. The summed E-state index contributed by atoms with van der Waals surface area (Å²) >= 11 is 11.2. The lowest BCUT2D eigenvalue weighted by Gasteiger charge is -2.26. The van der Waals surface area contributed by atoms with Crippen molar-refractivity contribution in [1.82, 2.24) is 4.57 Å². The molecule has 230 valence electrons. The van der Waals surface area contributed by atoms with Gasteiger partial charge in [0.15, 0.2) is 16.3 Å². The van der Waals surface area contributed by atoms with Gasteiger partial charge < -0.3 is 18.9 Å². The van der Waals surface area contributed by atoms with Crippen molar-refractivity contribution in [3.05, 3.63) is 117 Å². The van der Waals surface area contributed by atoms with E-state index < -0.39 is 12.0 Å². The third-order valence-corrected chi connectivity index (χ3v) is 8.96. The second-order valence-corrected chi connectivity index (χ2v) is 12.1. The Morgan fingerprint density at radius 1 is 1.11 bits per heavy atom. The van der Waals surface area contributed by atoms with E-state index in [-0.39, 0.29) is 24.3 Å². The standard InChI is InChI=1S/C33H27BrClN3O6S/c1-5-43-32(40)29-18(2)37-33-38(30(29)23-14-26(41-3)27(42-4)15-24(23)34)31(39)28(45-33)13-21-12-22(35)10-11-25(21)44-17-20-8-6-19(16-36)7-9-20/h6-15,30H,5,17H2,1-4H3/b28-13-/t30-/m1/s1. The number of halogens is 2. The van der Waals surface area contributed by atoms with Crippen LogP contribution in [0.15, 0.2) is 80.1 Å². The molecule has 0 saturated carbocycles. The van der Waals surface area contributed by atoms with Crippen LogP contribution in [0.3, 0.4) is 0 Å². The third kappa shape index (κ3) is 6.54. The molecule has 0 saturated heterocycles. The first-order valence-electron chi connectivity index (χ1n) is 13.7. The molecule has 3 aromatic carbocycles. The molecule has 1 aliphatic rings. The molecule has 45 heavy (non-hydrogen) atoms. The van der Waals surface area contributed by atoms with Crippen molar-refractivity contribution in [2.75, 3.05) is 20.8 Å². The van der Waals surface area contributed by atoms with Gasteiger partial charge in [-0.3, -0.25) is 9.36 Å². The Hall–Kier alpha value is -4.37. The molecule has 1 aliphatic heterocycles. The molecular weight excluding hydrogens is 682 g/mol. The van der Waals surface area contributed by atoms with E-state index in [4.69, 9.17) is 35.8 Å². The minimum absolute atomic E-state index is 0.153. The number of thiazole rings is 1. The highest BCUT2D eigenvalue weighted by Crippen LogP contribution is 2.40. The zero-order valence-electron chi connectivity index (χ0n) is 24.7. The second-order valence-electron chi connectivity index (χ2n) is 9.81. The lowest BCUT2D eigenvalue weighted by atomic mass is 9.95. The Morgan fingerprint density at radius 3 is 2.49 bits per heavy atom. The SMILES string of the molecule is CCOC(=O)C1=C(C)N=c2s/c(=C\c3cc(Cl)ccc3OCc3ccc(C#N)cc3)c(=O)n2[C@@H]1c1cc(OC)c(OC)cc1Br. The number of nitrogens with zero attached hydrogens (tertiary/aromatic N) is 3. The summed E-state index contributed by atoms with van der Waals surface area (Å²) in [6.45, 7) is 3.83. The van der Waals surface area contributed by atoms with Crippen LogP contribution in [0, 0.1) is 11.3 Å². The zero-order valence-corrected chi connectivity index (χ0v) is 27.9. The molecule has 4 aromatic rings. The number of methoxy groups -OCH3 is 2. The molecule has 0 fully saturated rings. The summed E-state index contributed by atoms with van der Waals surface area (Å²) in [4.78, 5) is 32.6. The number of ether oxygens (including phenoxy) is 4. The van der Waals surface area contributed by atoms with Crippen LogP contribution in [0.2, 0.25) is 5.02 Å². The van der Waals surface area contributed by atoms with Crippen molar-refractivity contribution in [2.45, 2.75) is 26.5 Å². The topological polar surface area (TPSA) is 112 Å². The minimum Gasteiger partial charge on any atom is -0.493 e. The third-order valence-electron chi connectivity index (χ3n) is 7.05. The molecule has 12 heteroatoms. The minimum atomic E-state index is -0.872. The van der Waals surface area contributed by atoms with Gasteiger partial charge in [0.2, 0.25) is 0 Å². The van der Waals surface area contributed by atoms with E-state index in [1.807, 2.05) is 12.1 Å². The van der Waals surface area contributed by atoms with Crippen LogP contribution >= 0.6 is 38.9 Å². The van der Waals surface area contributed by atoms with Gasteiger partial charge >= 0.3 is 5.97 Å². The Balaban J connectivity index is 1.65. The van der Waals surface area contributed by atoms with Gasteiger partial charge in [0.05, 0.1) is 54.3 Å². The maximum atomic E-state index is 14.2. The maximum Gasteiger partial charge on any atom is 0.338 e. The van der Waals surface area contributed by atoms with Crippen molar-refractivity contribution in [2.24, 2.45) is 4.99 Å². The van der Waals surface area contributed by atoms with Crippen LogP contribution in [0.5, 0.6) is 17.2 Å². The van der Waals surface area contributed by atoms with E-state index >= 15 is 0 Å². The summed E-state index contributed by atoms with van der Waals surface area (Å²) in [5, 5.41) is 9.54. The normalized spacial score (nSPS) is 14.3. The summed E-state index contributed by atoms with van der Waals surface area (Å²) < 4.78 is 25.0. The Kier molecular flexibility index (Phi) is 9.77. The maximum absolute atomic E-state index is 14.2. The van der Waals surface area contributed by atoms with Gasteiger partial charge in [-0.1, -0.05) is 51.0 Å². The molecule has 0 radical (unpaired) electrons. The number of hydrogen-bond acceptors (Lipinski definition) is 9. The van der Waals surface area contributed by atoms with Crippen LogP contribution in [-0.4, -0.2) is 31.4 Å². The number of carbonyl (C=O) groups excluding carboxylic acids is 1. The number of hydrogen-bond donors (Lipinski definition) is 0. The summed E-state index contributed by atoms with van der Waals surface area (Å²) in [6, 6.07) is 16.9.